The van der Waals surface area contributed by atoms with Gasteiger partial charge in [-0.25, -0.2) is 4.68 Å². The van der Waals surface area contributed by atoms with Crippen LogP contribution in [-0.2, 0) is 6.18 Å². The fourth-order valence-electron chi connectivity index (χ4n) is 1.25. The molecule has 7 heteroatoms. The van der Waals surface area contributed by atoms with Crippen molar-refractivity contribution in [2.45, 2.75) is 6.18 Å². The third-order valence-electron chi connectivity index (χ3n) is 2.00. The number of hydrogen-bond donors (Lipinski definition) is 0. The fourth-order valence-corrected chi connectivity index (χ4v) is 1.25. The lowest BCUT2D eigenvalue weighted by molar-refractivity contribution is -0.137. The summed E-state index contributed by atoms with van der Waals surface area (Å²) >= 11 is 0. The van der Waals surface area contributed by atoms with E-state index in [0.29, 0.717) is 0 Å². The van der Waals surface area contributed by atoms with Crippen LogP contribution < -0.4 is 0 Å². The summed E-state index contributed by atoms with van der Waals surface area (Å²) in [6.07, 6.45) is -0.707. The first kappa shape index (κ1) is 11.3. The van der Waals surface area contributed by atoms with Gasteiger partial charge >= 0.3 is 6.18 Å². The number of aromatic nitrogens is 3. The SMILES string of the molecule is FC(F)(F)c1ccccc1C=Nn1cnnc1. The van der Waals surface area contributed by atoms with E-state index in [0.717, 1.165) is 12.3 Å². The Kier molecular flexibility index (Phi) is 2.90. The Bertz CT molecular complexity index is 517. The van der Waals surface area contributed by atoms with Crippen LogP contribution in [0.15, 0.2) is 42.0 Å². The van der Waals surface area contributed by atoms with Gasteiger partial charge in [-0.2, -0.15) is 18.3 Å². The minimum atomic E-state index is -4.39. The summed E-state index contributed by atoms with van der Waals surface area (Å²) < 4.78 is 39.1. The van der Waals surface area contributed by atoms with Gasteiger partial charge in [-0.05, 0) is 6.07 Å². The Balaban J connectivity index is 2.33. The number of halogens is 3. The standard InChI is InChI=1S/C10H7F3N4/c11-10(12,13)9-4-2-1-3-8(9)5-16-17-6-14-15-7-17/h1-7H. The molecule has 0 aliphatic heterocycles. The van der Waals surface area contributed by atoms with E-state index < -0.39 is 11.7 Å². The van der Waals surface area contributed by atoms with Crippen LogP contribution in [0, 0.1) is 0 Å². The average Bonchev–Trinajstić information content (AvgIpc) is 2.78. The molecule has 0 radical (unpaired) electrons. The molecule has 0 bridgehead atoms. The molecule has 0 amide bonds. The number of rotatable bonds is 2. The van der Waals surface area contributed by atoms with Crippen molar-refractivity contribution in [3.8, 4) is 0 Å². The molecular formula is C10H7F3N4. The zero-order chi connectivity index (χ0) is 12.3. The van der Waals surface area contributed by atoms with Gasteiger partial charge in [-0.15, -0.1) is 10.2 Å². The van der Waals surface area contributed by atoms with Gasteiger partial charge in [0.1, 0.15) is 12.7 Å². The predicted octanol–water partition coefficient (Wildman–Crippen LogP) is 2.18. The molecule has 2 rings (SSSR count). The number of nitrogens with zero attached hydrogens (tertiary/aromatic N) is 4. The van der Waals surface area contributed by atoms with Crippen molar-refractivity contribution in [3.05, 3.63) is 48.0 Å². The lowest BCUT2D eigenvalue weighted by Gasteiger charge is -2.08. The molecule has 0 aliphatic rings. The van der Waals surface area contributed by atoms with Crippen LogP contribution in [0.2, 0.25) is 0 Å². The lowest BCUT2D eigenvalue weighted by Crippen LogP contribution is -2.08. The highest BCUT2D eigenvalue weighted by Crippen LogP contribution is 2.31. The summed E-state index contributed by atoms with van der Waals surface area (Å²) in [5.41, 5.74) is -0.731. The van der Waals surface area contributed by atoms with Crippen LogP contribution in [0.1, 0.15) is 11.1 Å². The molecule has 0 saturated carbocycles. The maximum Gasteiger partial charge on any atom is 0.417 e. The average molecular weight is 240 g/mol. The highest BCUT2D eigenvalue weighted by molar-refractivity contribution is 5.81. The Morgan fingerprint density at radius 3 is 2.41 bits per heavy atom. The van der Waals surface area contributed by atoms with Crippen molar-refractivity contribution in [2.75, 3.05) is 0 Å². The quantitative estimate of drug-likeness (QED) is 0.755. The van der Waals surface area contributed by atoms with E-state index in [1.54, 1.807) is 0 Å². The van der Waals surface area contributed by atoms with E-state index in [2.05, 4.69) is 15.3 Å². The molecule has 88 valence electrons. The highest BCUT2D eigenvalue weighted by Gasteiger charge is 2.32. The molecule has 0 aliphatic carbocycles. The Hall–Kier alpha value is -2.18. The van der Waals surface area contributed by atoms with E-state index in [1.807, 2.05) is 0 Å². The Labute approximate surface area is 94.4 Å². The second kappa shape index (κ2) is 4.36. The molecule has 1 aromatic carbocycles. The van der Waals surface area contributed by atoms with Gasteiger partial charge in [0, 0.05) is 5.56 Å². The first-order valence-corrected chi connectivity index (χ1v) is 4.62. The molecule has 0 unspecified atom stereocenters. The van der Waals surface area contributed by atoms with Gasteiger partial charge < -0.3 is 0 Å². The minimum Gasteiger partial charge on any atom is -0.208 e. The maximum absolute atomic E-state index is 12.6. The fraction of sp³-hybridized carbons (Fsp3) is 0.100. The van der Waals surface area contributed by atoms with Crippen LogP contribution in [-0.4, -0.2) is 21.1 Å². The summed E-state index contributed by atoms with van der Waals surface area (Å²) in [6.45, 7) is 0. The molecule has 0 atom stereocenters. The van der Waals surface area contributed by atoms with E-state index in [4.69, 9.17) is 0 Å². The lowest BCUT2D eigenvalue weighted by atomic mass is 10.1. The molecule has 0 spiro atoms. The van der Waals surface area contributed by atoms with Crippen LogP contribution in [0.25, 0.3) is 0 Å². The van der Waals surface area contributed by atoms with Gasteiger partial charge in [-0.1, -0.05) is 18.2 Å². The second-order valence-electron chi connectivity index (χ2n) is 3.17. The van der Waals surface area contributed by atoms with E-state index in [1.165, 1.54) is 35.5 Å². The predicted molar refractivity (Wildman–Crippen MR) is 54.5 cm³/mol. The van der Waals surface area contributed by atoms with Crippen molar-refractivity contribution in [2.24, 2.45) is 5.10 Å². The molecule has 17 heavy (non-hydrogen) atoms. The first-order chi connectivity index (χ1) is 8.07. The number of hydrogen-bond acceptors (Lipinski definition) is 3. The Morgan fingerprint density at radius 2 is 1.76 bits per heavy atom. The van der Waals surface area contributed by atoms with Crippen molar-refractivity contribution in [1.82, 2.24) is 14.9 Å². The third-order valence-corrected chi connectivity index (χ3v) is 2.00. The van der Waals surface area contributed by atoms with Crippen molar-refractivity contribution >= 4 is 6.21 Å². The van der Waals surface area contributed by atoms with Crippen LogP contribution in [0.5, 0.6) is 0 Å². The summed E-state index contributed by atoms with van der Waals surface area (Å²) in [5.74, 6) is 0. The van der Waals surface area contributed by atoms with Crippen LogP contribution in [0.3, 0.4) is 0 Å². The zero-order valence-corrected chi connectivity index (χ0v) is 8.46. The third kappa shape index (κ3) is 2.68. The van der Waals surface area contributed by atoms with Gasteiger partial charge in [0.15, 0.2) is 0 Å². The summed E-state index contributed by atoms with van der Waals surface area (Å²) in [6, 6.07) is 5.20. The molecule has 0 saturated heterocycles. The molecule has 4 nitrogen and oxygen atoms in total. The minimum absolute atomic E-state index is 0.00583. The molecule has 0 fully saturated rings. The van der Waals surface area contributed by atoms with Crippen molar-refractivity contribution < 1.29 is 13.2 Å². The molecular weight excluding hydrogens is 233 g/mol. The monoisotopic (exact) mass is 240 g/mol. The van der Waals surface area contributed by atoms with Gasteiger partial charge in [0.2, 0.25) is 0 Å². The number of alkyl halides is 3. The number of benzene rings is 1. The largest absolute Gasteiger partial charge is 0.417 e. The zero-order valence-electron chi connectivity index (χ0n) is 8.46. The molecule has 2 aromatic rings. The Morgan fingerprint density at radius 1 is 1.12 bits per heavy atom. The first-order valence-electron chi connectivity index (χ1n) is 4.62. The topological polar surface area (TPSA) is 43.1 Å². The van der Waals surface area contributed by atoms with Crippen molar-refractivity contribution in [3.63, 3.8) is 0 Å². The van der Waals surface area contributed by atoms with E-state index >= 15 is 0 Å². The van der Waals surface area contributed by atoms with Crippen LogP contribution >= 0.6 is 0 Å². The maximum atomic E-state index is 12.6. The van der Waals surface area contributed by atoms with Crippen molar-refractivity contribution in [1.29, 1.82) is 0 Å². The smallest absolute Gasteiger partial charge is 0.208 e. The summed E-state index contributed by atoms with van der Waals surface area (Å²) in [5, 5.41) is 10.7. The second-order valence-corrected chi connectivity index (χ2v) is 3.17. The van der Waals surface area contributed by atoms with Gasteiger partial charge in [0.25, 0.3) is 0 Å². The summed E-state index contributed by atoms with van der Waals surface area (Å²) in [7, 11) is 0. The summed E-state index contributed by atoms with van der Waals surface area (Å²) in [4.78, 5) is 0. The van der Waals surface area contributed by atoms with Crippen LogP contribution in [0.4, 0.5) is 13.2 Å². The molecule has 1 aromatic heterocycles. The molecule has 0 N–H and O–H groups in total. The normalized spacial score (nSPS) is 12.2. The highest BCUT2D eigenvalue weighted by atomic mass is 19.4. The van der Waals surface area contributed by atoms with E-state index in [9.17, 15) is 13.2 Å². The van der Waals surface area contributed by atoms with E-state index in [-0.39, 0.29) is 5.56 Å². The van der Waals surface area contributed by atoms with Gasteiger partial charge in [-0.3, -0.25) is 0 Å². The molecule has 1 heterocycles. The van der Waals surface area contributed by atoms with Gasteiger partial charge in [0.05, 0.1) is 11.8 Å².